The summed E-state index contributed by atoms with van der Waals surface area (Å²) < 4.78 is 39.0. The summed E-state index contributed by atoms with van der Waals surface area (Å²) in [6.07, 6.45) is -4.01. The summed E-state index contributed by atoms with van der Waals surface area (Å²) in [4.78, 5) is 14.1. The van der Waals surface area contributed by atoms with Gasteiger partial charge in [0, 0.05) is 13.1 Å². The van der Waals surface area contributed by atoms with E-state index < -0.39 is 17.8 Å². The van der Waals surface area contributed by atoms with E-state index in [0.717, 1.165) is 17.2 Å². The van der Waals surface area contributed by atoms with Crippen LogP contribution in [0.4, 0.5) is 29.3 Å². The third-order valence-corrected chi connectivity index (χ3v) is 4.61. The highest BCUT2D eigenvalue weighted by Crippen LogP contribution is 2.38. The molecule has 0 aliphatic carbocycles. The van der Waals surface area contributed by atoms with E-state index in [4.69, 9.17) is 23.2 Å². The molecule has 2 aromatic carbocycles. The second-order valence-corrected chi connectivity index (χ2v) is 6.39. The van der Waals surface area contributed by atoms with Crippen LogP contribution >= 0.6 is 11.6 Å². The average molecular weight is 385 g/mol. The minimum absolute atomic E-state index is 0.187. The van der Waals surface area contributed by atoms with Crippen LogP contribution in [0.25, 0.3) is 0 Å². The minimum atomic E-state index is -4.64. The van der Waals surface area contributed by atoms with Crippen molar-refractivity contribution in [1.82, 2.24) is 4.90 Å². The normalized spacial score (nSPS) is 14.1. The van der Waals surface area contributed by atoms with E-state index in [1.54, 1.807) is 0 Å². The number of nitrogens with zero attached hydrogens (tertiary/aromatic N) is 2. The van der Waals surface area contributed by atoms with E-state index in [0.29, 0.717) is 30.6 Å². The van der Waals surface area contributed by atoms with Gasteiger partial charge in [-0.3, -0.25) is 0 Å². The smallest absolute Gasteiger partial charge is 0.396 e. The summed E-state index contributed by atoms with van der Waals surface area (Å²) in [5, 5.41) is 0.298. The Morgan fingerprint density at radius 2 is 1.85 bits per heavy atom. The molecule has 0 fully saturated rings. The standard InChI is InChI=1S/C17H16ClF3N4O/c18-13-7-12(17(19,20)21)8-14(15(13)22)25(23)16(26)24-6-5-10-3-1-2-4-11(10)9-24/h1-4,7-8H,5-6,9,22-23H2. The van der Waals surface area contributed by atoms with E-state index in [2.05, 4.69) is 0 Å². The van der Waals surface area contributed by atoms with Gasteiger partial charge in [0.25, 0.3) is 0 Å². The average Bonchev–Trinajstić information content (AvgIpc) is 2.61. The lowest BCUT2D eigenvalue weighted by Crippen LogP contribution is -2.49. The highest BCUT2D eigenvalue weighted by molar-refractivity contribution is 6.34. The highest BCUT2D eigenvalue weighted by Gasteiger charge is 2.34. The van der Waals surface area contributed by atoms with Crippen LogP contribution in [0, 0.1) is 0 Å². The molecule has 0 saturated heterocycles. The summed E-state index contributed by atoms with van der Waals surface area (Å²) in [6.45, 7) is 0.714. The molecule has 9 heteroatoms. The van der Waals surface area contributed by atoms with Crippen LogP contribution in [-0.4, -0.2) is 17.5 Å². The number of benzene rings is 2. The molecular formula is C17H16ClF3N4O. The Morgan fingerprint density at radius 1 is 1.19 bits per heavy atom. The lowest BCUT2D eigenvalue weighted by Gasteiger charge is -2.32. The van der Waals surface area contributed by atoms with Gasteiger partial charge in [-0.05, 0) is 29.7 Å². The zero-order valence-electron chi connectivity index (χ0n) is 13.6. The number of anilines is 2. The SMILES string of the molecule is Nc1c(Cl)cc(C(F)(F)F)cc1N(N)C(=O)N1CCc2ccccc2C1. The molecule has 0 spiro atoms. The number of rotatable bonds is 1. The number of carbonyl (C=O) groups is 1. The van der Waals surface area contributed by atoms with Crippen molar-refractivity contribution in [1.29, 1.82) is 0 Å². The molecule has 0 aromatic heterocycles. The molecule has 0 bridgehead atoms. The van der Waals surface area contributed by atoms with Gasteiger partial charge >= 0.3 is 12.2 Å². The Morgan fingerprint density at radius 3 is 2.50 bits per heavy atom. The fourth-order valence-electron chi connectivity index (χ4n) is 2.88. The van der Waals surface area contributed by atoms with Gasteiger partial charge in [0.1, 0.15) is 0 Å². The molecule has 1 aliphatic rings. The minimum Gasteiger partial charge on any atom is -0.396 e. The maximum Gasteiger partial charge on any atom is 0.416 e. The number of nitrogens with two attached hydrogens (primary N) is 2. The summed E-state index contributed by atoms with van der Waals surface area (Å²) in [7, 11) is 0. The van der Waals surface area contributed by atoms with Crippen molar-refractivity contribution >= 4 is 29.0 Å². The molecule has 3 rings (SSSR count). The second-order valence-electron chi connectivity index (χ2n) is 5.98. The Balaban J connectivity index is 1.89. The molecule has 0 atom stereocenters. The number of fused-ring (bicyclic) bond motifs is 1. The van der Waals surface area contributed by atoms with Crippen LogP contribution < -0.4 is 16.6 Å². The van der Waals surface area contributed by atoms with Crippen LogP contribution in [0.15, 0.2) is 36.4 Å². The molecule has 0 unspecified atom stereocenters. The lowest BCUT2D eigenvalue weighted by atomic mass is 10.0. The van der Waals surface area contributed by atoms with Gasteiger partial charge in [-0.1, -0.05) is 35.9 Å². The molecular weight excluding hydrogens is 369 g/mol. The van der Waals surface area contributed by atoms with Crippen molar-refractivity contribution in [2.45, 2.75) is 19.1 Å². The maximum absolute atomic E-state index is 13.0. The summed E-state index contributed by atoms with van der Waals surface area (Å²) in [5.41, 5.74) is 6.34. The quantitative estimate of drug-likeness (QED) is 0.340. The van der Waals surface area contributed by atoms with Gasteiger partial charge in [-0.15, -0.1) is 0 Å². The zero-order chi connectivity index (χ0) is 19.1. The van der Waals surface area contributed by atoms with E-state index in [1.165, 1.54) is 4.90 Å². The fourth-order valence-corrected chi connectivity index (χ4v) is 3.10. The molecule has 0 radical (unpaired) electrons. The predicted molar refractivity (Wildman–Crippen MR) is 93.5 cm³/mol. The summed E-state index contributed by atoms with van der Waals surface area (Å²) >= 11 is 5.79. The van der Waals surface area contributed by atoms with Gasteiger partial charge in [-0.25, -0.2) is 15.6 Å². The molecule has 1 aliphatic heterocycles. The summed E-state index contributed by atoms with van der Waals surface area (Å²) in [5.74, 6) is 5.81. The first kappa shape index (κ1) is 18.3. The first-order valence-corrected chi connectivity index (χ1v) is 8.13. The van der Waals surface area contributed by atoms with Crippen LogP contribution in [0.5, 0.6) is 0 Å². The molecule has 2 aromatic rings. The fraction of sp³-hybridized carbons (Fsp3) is 0.235. The number of hydrogen-bond acceptors (Lipinski definition) is 3. The van der Waals surface area contributed by atoms with Gasteiger partial charge in [0.15, 0.2) is 0 Å². The van der Waals surface area contributed by atoms with Gasteiger partial charge in [0.2, 0.25) is 0 Å². The number of halogens is 4. The highest BCUT2D eigenvalue weighted by atomic mass is 35.5. The van der Waals surface area contributed by atoms with Crippen molar-refractivity contribution in [2.24, 2.45) is 5.84 Å². The molecule has 0 saturated carbocycles. The zero-order valence-corrected chi connectivity index (χ0v) is 14.3. The van der Waals surface area contributed by atoms with E-state index in [-0.39, 0.29) is 16.4 Å². The Kier molecular flexibility index (Phi) is 4.72. The molecule has 4 N–H and O–H groups in total. The van der Waals surface area contributed by atoms with Crippen molar-refractivity contribution in [3.05, 3.63) is 58.1 Å². The van der Waals surface area contributed by atoms with Crippen LogP contribution in [0.3, 0.4) is 0 Å². The Labute approximate surface area is 152 Å². The number of amides is 2. The number of alkyl halides is 3. The topological polar surface area (TPSA) is 75.6 Å². The van der Waals surface area contributed by atoms with E-state index in [9.17, 15) is 18.0 Å². The van der Waals surface area contributed by atoms with Crippen molar-refractivity contribution in [3.63, 3.8) is 0 Å². The monoisotopic (exact) mass is 384 g/mol. The number of hydrazine groups is 1. The van der Waals surface area contributed by atoms with Gasteiger partial charge < -0.3 is 10.6 Å². The second kappa shape index (κ2) is 6.69. The molecule has 1 heterocycles. The van der Waals surface area contributed by atoms with Crippen molar-refractivity contribution in [2.75, 3.05) is 17.3 Å². The van der Waals surface area contributed by atoms with Crippen LogP contribution in [-0.2, 0) is 19.1 Å². The van der Waals surface area contributed by atoms with Gasteiger partial charge in [0.05, 0.1) is 22.0 Å². The third-order valence-electron chi connectivity index (χ3n) is 4.30. The number of nitrogen functional groups attached to an aromatic ring is 1. The molecule has 2 amide bonds. The van der Waals surface area contributed by atoms with Crippen LogP contribution in [0.2, 0.25) is 5.02 Å². The van der Waals surface area contributed by atoms with E-state index in [1.807, 2.05) is 24.3 Å². The Bertz CT molecular complexity index is 856. The largest absolute Gasteiger partial charge is 0.416 e. The lowest BCUT2D eigenvalue weighted by molar-refractivity contribution is -0.137. The maximum atomic E-state index is 13.0. The first-order valence-electron chi connectivity index (χ1n) is 7.75. The van der Waals surface area contributed by atoms with E-state index >= 15 is 0 Å². The Hall–Kier alpha value is -2.45. The predicted octanol–water partition coefficient (Wildman–Crippen LogP) is 3.80. The third kappa shape index (κ3) is 3.42. The molecule has 26 heavy (non-hydrogen) atoms. The van der Waals surface area contributed by atoms with Gasteiger partial charge in [-0.2, -0.15) is 13.2 Å². The number of urea groups is 1. The van der Waals surface area contributed by atoms with Crippen molar-refractivity contribution in [3.8, 4) is 0 Å². The number of carbonyl (C=O) groups excluding carboxylic acids is 1. The van der Waals surface area contributed by atoms with Crippen molar-refractivity contribution < 1.29 is 18.0 Å². The molecule has 138 valence electrons. The summed E-state index contributed by atoms with van der Waals surface area (Å²) in [6, 6.07) is 8.41. The first-order chi connectivity index (χ1) is 12.2. The van der Waals surface area contributed by atoms with Crippen LogP contribution in [0.1, 0.15) is 16.7 Å². The number of hydrogen-bond donors (Lipinski definition) is 2. The molecule has 5 nitrogen and oxygen atoms in total.